The molecule has 5 nitrogen and oxygen atoms in total. The van der Waals surface area contributed by atoms with Crippen molar-refractivity contribution < 1.29 is 9.90 Å². The number of thioether (sulfide) groups is 1. The van der Waals surface area contributed by atoms with Crippen molar-refractivity contribution >= 4 is 34.2 Å². The highest BCUT2D eigenvalue weighted by atomic mass is 32.2. The molecule has 0 fully saturated rings. The fourth-order valence-corrected chi connectivity index (χ4v) is 3.35. The maximum Gasteiger partial charge on any atom is 0.310 e. The molecule has 1 unspecified atom stereocenters. The minimum Gasteiger partial charge on any atom is -0.481 e. The van der Waals surface area contributed by atoms with Crippen molar-refractivity contribution in [1.29, 1.82) is 0 Å². The summed E-state index contributed by atoms with van der Waals surface area (Å²) in [5.74, 6) is -0.483. The SMILES string of the molecule is CC(C(=O)O)c1ccc(CSc2nnc(N(C)C)s2)cc1. The summed E-state index contributed by atoms with van der Waals surface area (Å²) < 4.78 is 0.932. The summed E-state index contributed by atoms with van der Waals surface area (Å²) >= 11 is 3.20. The second-order valence-electron chi connectivity index (χ2n) is 4.84. The molecular formula is C14H17N3O2S2. The molecule has 21 heavy (non-hydrogen) atoms. The summed E-state index contributed by atoms with van der Waals surface area (Å²) in [7, 11) is 3.88. The Bertz CT molecular complexity index is 611. The Kier molecular flexibility index (Phi) is 5.19. The number of nitrogens with zero attached hydrogens (tertiary/aromatic N) is 3. The van der Waals surface area contributed by atoms with Gasteiger partial charge in [-0.05, 0) is 18.1 Å². The van der Waals surface area contributed by atoms with E-state index in [0.717, 1.165) is 26.4 Å². The van der Waals surface area contributed by atoms with Crippen LogP contribution in [0.3, 0.4) is 0 Å². The molecule has 0 aliphatic rings. The fourth-order valence-electron chi connectivity index (χ4n) is 1.63. The van der Waals surface area contributed by atoms with Gasteiger partial charge in [0.2, 0.25) is 5.13 Å². The molecule has 112 valence electrons. The second-order valence-corrected chi connectivity index (χ2v) is 7.01. The van der Waals surface area contributed by atoms with Crippen LogP contribution in [0, 0.1) is 0 Å². The largest absolute Gasteiger partial charge is 0.481 e. The van der Waals surface area contributed by atoms with Crippen LogP contribution in [0.25, 0.3) is 0 Å². The zero-order chi connectivity index (χ0) is 15.4. The normalized spacial score (nSPS) is 12.1. The van der Waals surface area contributed by atoms with Gasteiger partial charge >= 0.3 is 5.97 Å². The molecule has 0 amide bonds. The number of aromatic nitrogens is 2. The van der Waals surface area contributed by atoms with Crippen LogP contribution >= 0.6 is 23.1 Å². The summed E-state index contributed by atoms with van der Waals surface area (Å²) in [4.78, 5) is 12.9. The van der Waals surface area contributed by atoms with Gasteiger partial charge in [-0.1, -0.05) is 47.4 Å². The van der Waals surface area contributed by atoms with Crippen LogP contribution in [0.4, 0.5) is 5.13 Å². The van der Waals surface area contributed by atoms with Crippen molar-refractivity contribution in [2.75, 3.05) is 19.0 Å². The lowest BCUT2D eigenvalue weighted by Crippen LogP contribution is -2.07. The highest BCUT2D eigenvalue weighted by molar-refractivity contribution is 8.00. The number of carbonyl (C=O) groups is 1. The minimum absolute atomic E-state index is 0.475. The van der Waals surface area contributed by atoms with E-state index in [9.17, 15) is 4.79 Å². The van der Waals surface area contributed by atoms with E-state index in [2.05, 4.69) is 10.2 Å². The fraction of sp³-hybridized carbons (Fsp3) is 0.357. The average Bonchev–Trinajstić information content (AvgIpc) is 2.94. The van der Waals surface area contributed by atoms with Crippen molar-refractivity contribution in [1.82, 2.24) is 10.2 Å². The quantitative estimate of drug-likeness (QED) is 0.824. The van der Waals surface area contributed by atoms with Crippen molar-refractivity contribution in [3.8, 4) is 0 Å². The number of hydrogen-bond donors (Lipinski definition) is 1. The van der Waals surface area contributed by atoms with E-state index in [0.29, 0.717) is 0 Å². The first-order chi connectivity index (χ1) is 9.97. The summed E-state index contributed by atoms with van der Waals surface area (Å²) in [6.45, 7) is 1.69. The number of benzene rings is 1. The van der Waals surface area contributed by atoms with Crippen LogP contribution in [0.5, 0.6) is 0 Å². The summed E-state index contributed by atoms with van der Waals surface area (Å²) in [5.41, 5.74) is 1.96. The Balaban J connectivity index is 1.95. The minimum atomic E-state index is -0.804. The van der Waals surface area contributed by atoms with Gasteiger partial charge in [0.15, 0.2) is 4.34 Å². The summed E-state index contributed by atoms with van der Waals surface area (Å²) in [6.07, 6.45) is 0. The van der Waals surface area contributed by atoms with Crippen molar-refractivity contribution in [2.45, 2.75) is 22.9 Å². The van der Waals surface area contributed by atoms with E-state index < -0.39 is 11.9 Å². The maximum atomic E-state index is 10.9. The number of aliphatic carboxylic acids is 1. The predicted molar refractivity (Wildman–Crippen MR) is 86.3 cm³/mol. The zero-order valence-corrected chi connectivity index (χ0v) is 13.7. The third kappa shape index (κ3) is 4.18. The molecule has 0 bridgehead atoms. The topological polar surface area (TPSA) is 66.3 Å². The average molecular weight is 323 g/mol. The van der Waals surface area contributed by atoms with Gasteiger partial charge in [0.25, 0.3) is 0 Å². The number of rotatable bonds is 6. The van der Waals surface area contributed by atoms with Crippen LogP contribution in [0.1, 0.15) is 24.0 Å². The molecule has 1 aromatic heterocycles. The van der Waals surface area contributed by atoms with Gasteiger partial charge in [0, 0.05) is 19.8 Å². The molecule has 0 aliphatic heterocycles. The highest BCUT2D eigenvalue weighted by Gasteiger charge is 2.13. The Morgan fingerprint density at radius 3 is 2.52 bits per heavy atom. The van der Waals surface area contributed by atoms with Crippen LogP contribution in [-0.4, -0.2) is 35.4 Å². The molecular weight excluding hydrogens is 306 g/mol. The smallest absolute Gasteiger partial charge is 0.310 e. The lowest BCUT2D eigenvalue weighted by Gasteiger charge is -2.07. The molecule has 0 aliphatic carbocycles. The third-order valence-corrected chi connectivity index (χ3v) is 5.29. The standard InChI is InChI=1S/C14H17N3O2S2/c1-9(12(18)19)11-6-4-10(5-7-11)8-20-14-16-15-13(21-14)17(2)3/h4-7,9H,8H2,1-3H3,(H,18,19). The van der Waals surface area contributed by atoms with Crippen LogP contribution in [0.2, 0.25) is 0 Å². The van der Waals surface area contributed by atoms with Gasteiger partial charge in [-0.3, -0.25) is 4.79 Å². The lowest BCUT2D eigenvalue weighted by molar-refractivity contribution is -0.138. The van der Waals surface area contributed by atoms with Crippen molar-refractivity contribution in [2.24, 2.45) is 0 Å². The predicted octanol–water partition coefficient (Wildman–Crippen LogP) is 3.08. The number of hydrogen-bond acceptors (Lipinski definition) is 6. The molecule has 0 saturated heterocycles. The first-order valence-electron chi connectivity index (χ1n) is 6.42. The molecule has 1 aromatic carbocycles. The van der Waals surface area contributed by atoms with Gasteiger partial charge < -0.3 is 10.0 Å². The van der Waals surface area contributed by atoms with E-state index >= 15 is 0 Å². The van der Waals surface area contributed by atoms with E-state index in [1.165, 1.54) is 0 Å². The van der Waals surface area contributed by atoms with E-state index in [1.54, 1.807) is 30.0 Å². The molecule has 1 N–H and O–H groups in total. The Hall–Kier alpha value is -1.60. The summed E-state index contributed by atoms with van der Waals surface area (Å²) in [6, 6.07) is 7.69. The molecule has 0 spiro atoms. The third-order valence-electron chi connectivity index (χ3n) is 2.99. The number of anilines is 1. The van der Waals surface area contributed by atoms with Crippen LogP contribution in [-0.2, 0) is 10.5 Å². The first-order valence-corrected chi connectivity index (χ1v) is 8.23. The van der Waals surface area contributed by atoms with Gasteiger partial charge in [-0.2, -0.15) is 0 Å². The maximum absolute atomic E-state index is 10.9. The molecule has 1 heterocycles. The highest BCUT2D eigenvalue weighted by Crippen LogP contribution is 2.29. The van der Waals surface area contributed by atoms with Gasteiger partial charge in [0.05, 0.1) is 5.92 Å². The van der Waals surface area contributed by atoms with E-state index in [-0.39, 0.29) is 0 Å². The molecule has 2 aromatic rings. The summed E-state index contributed by atoms with van der Waals surface area (Å²) in [5, 5.41) is 18.1. The molecule has 1 atom stereocenters. The van der Waals surface area contributed by atoms with Crippen LogP contribution < -0.4 is 4.90 Å². The first kappa shape index (κ1) is 15.8. The van der Waals surface area contributed by atoms with Crippen molar-refractivity contribution in [3.05, 3.63) is 35.4 Å². The van der Waals surface area contributed by atoms with Crippen LogP contribution in [0.15, 0.2) is 28.6 Å². The molecule has 2 rings (SSSR count). The van der Waals surface area contributed by atoms with Crippen molar-refractivity contribution in [3.63, 3.8) is 0 Å². The van der Waals surface area contributed by atoms with Gasteiger partial charge in [-0.25, -0.2) is 0 Å². The second kappa shape index (κ2) is 6.91. The zero-order valence-electron chi connectivity index (χ0n) is 12.1. The van der Waals surface area contributed by atoms with Gasteiger partial charge in [-0.15, -0.1) is 10.2 Å². The monoisotopic (exact) mass is 323 g/mol. The Morgan fingerprint density at radius 1 is 1.33 bits per heavy atom. The van der Waals surface area contributed by atoms with Gasteiger partial charge in [0.1, 0.15) is 0 Å². The molecule has 0 saturated carbocycles. The Labute approximate surface area is 132 Å². The number of carboxylic acid groups (broad SMARTS) is 1. The number of carboxylic acids is 1. The lowest BCUT2D eigenvalue weighted by atomic mass is 10.0. The molecule has 0 radical (unpaired) electrons. The van der Waals surface area contributed by atoms with E-state index in [1.807, 2.05) is 43.3 Å². The van der Waals surface area contributed by atoms with E-state index in [4.69, 9.17) is 5.11 Å². The Morgan fingerprint density at radius 2 is 2.00 bits per heavy atom. The molecule has 7 heteroatoms.